The summed E-state index contributed by atoms with van der Waals surface area (Å²) >= 11 is 18.1. The lowest BCUT2D eigenvalue weighted by molar-refractivity contribution is 1.11. The van der Waals surface area contributed by atoms with Gasteiger partial charge in [0.1, 0.15) is 11.5 Å². The van der Waals surface area contributed by atoms with Crippen LogP contribution in [0.1, 0.15) is 8.42 Å². The predicted octanol–water partition coefficient (Wildman–Crippen LogP) is 6.69. The number of nitrogens with one attached hydrogen (secondary N) is 2. The third-order valence-corrected chi connectivity index (χ3v) is 4.93. The lowest BCUT2D eigenvalue weighted by Crippen LogP contribution is -2.01. The summed E-state index contributed by atoms with van der Waals surface area (Å²) < 4.78 is 0. The number of hydrogen-bond acceptors (Lipinski definition) is 3. The van der Waals surface area contributed by atoms with Crippen LogP contribution < -0.4 is 5.32 Å². The molecule has 0 fully saturated rings. The van der Waals surface area contributed by atoms with E-state index in [2.05, 4.69) is 20.3 Å². The van der Waals surface area contributed by atoms with Gasteiger partial charge >= 0.3 is 0 Å². The molecule has 0 saturated heterocycles. The summed E-state index contributed by atoms with van der Waals surface area (Å²) in [5.41, 5.74) is 3.59. The minimum absolute atomic E-state index is 0. The molecule has 4 rings (SSSR count). The van der Waals surface area contributed by atoms with Crippen molar-refractivity contribution in [3.63, 3.8) is 0 Å². The first-order valence-corrected chi connectivity index (χ1v) is 9.01. The summed E-state index contributed by atoms with van der Waals surface area (Å²) in [6.07, 6.45) is 3.51. The Morgan fingerprint density at radius 2 is 1.92 bits per heavy atom. The highest BCUT2D eigenvalue weighted by molar-refractivity contribution is 6.42. The van der Waals surface area contributed by atoms with Crippen LogP contribution in [0.2, 0.25) is 15.1 Å². The zero-order chi connectivity index (χ0) is 18.1. The van der Waals surface area contributed by atoms with Crippen LogP contribution >= 0.6 is 34.8 Å². The highest BCUT2D eigenvalue weighted by Gasteiger charge is 2.09. The number of H-pyrrole nitrogens is 1. The second-order valence-corrected chi connectivity index (χ2v) is 7.01. The van der Waals surface area contributed by atoms with Crippen LogP contribution in [0.25, 0.3) is 22.3 Å². The highest BCUT2D eigenvalue weighted by Crippen LogP contribution is 2.29. The molecular weight excluding hydrogens is 391 g/mol. The van der Waals surface area contributed by atoms with Gasteiger partial charge in [0, 0.05) is 32.7 Å². The Bertz CT molecular complexity index is 1100. The Labute approximate surface area is 168 Å². The van der Waals surface area contributed by atoms with E-state index in [0.717, 1.165) is 33.7 Å². The van der Waals surface area contributed by atoms with Gasteiger partial charge in [-0.3, -0.25) is 0 Å². The molecule has 0 amide bonds. The van der Waals surface area contributed by atoms with Crippen molar-refractivity contribution in [2.45, 2.75) is 6.54 Å². The largest absolute Gasteiger partial charge is 0.366 e. The molecule has 0 aliphatic carbocycles. The van der Waals surface area contributed by atoms with E-state index < -0.39 is 0 Å². The minimum atomic E-state index is 0. The van der Waals surface area contributed by atoms with Crippen LogP contribution in [-0.2, 0) is 6.54 Å². The number of halogens is 3. The van der Waals surface area contributed by atoms with Gasteiger partial charge in [0.2, 0.25) is 0 Å². The van der Waals surface area contributed by atoms with E-state index in [1.54, 1.807) is 12.3 Å². The molecule has 2 N–H and O–H groups in total. The highest BCUT2D eigenvalue weighted by atomic mass is 35.5. The topological polar surface area (TPSA) is 53.6 Å². The number of anilines is 1. The van der Waals surface area contributed by atoms with Crippen molar-refractivity contribution < 1.29 is 2.85 Å². The average molecular weight is 408 g/mol. The van der Waals surface area contributed by atoms with E-state index in [0.29, 0.717) is 21.6 Å². The Kier molecular flexibility index (Phi) is 4.72. The second-order valence-electron chi connectivity index (χ2n) is 5.76. The van der Waals surface area contributed by atoms with Crippen molar-refractivity contribution in [3.8, 4) is 11.3 Å². The number of aromatic amines is 1. The lowest BCUT2D eigenvalue weighted by Gasteiger charge is -2.08. The second kappa shape index (κ2) is 7.16. The van der Waals surface area contributed by atoms with E-state index in [4.69, 9.17) is 34.8 Å². The summed E-state index contributed by atoms with van der Waals surface area (Å²) in [6.45, 7) is 0.592. The lowest BCUT2D eigenvalue weighted by atomic mass is 10.1. The van der Waals surface area contributed by atoms with Gasteiger partial charge in [-0.2, -0.15) is 0 Å². The number of benzene rings is 1. The van der Waals surface area contributed by atoms with Crippen molar-refractivity contribution >= 4 is 51.7 Å². The molecule has 0 unspecified atom stereocenters. The zero-order valence-corrected chi connectivity index (χ0v) is 15.7. The van der Waals surface area contributed by atoms with Crippen LogP contribution in [-0.4, -0.2) is 15.0 Å². The molecule has 4 aromatic rings. The Morgan fingerprint density at radius 3 is 2.77 bits per heavy atom. The first-order valence-electron chi connectivity index (χ1n) is 7.88. The van der Waals surface area contributed by atoms with Gasteiger partial charge in [-0.05, 0) is 35.9 Å². The first kappa shape index (κ1) is 17.2. The minimum Gasteiger partial charge on any atom is -0.366 e. The van der Waals surface area contributed by atoms with Gasteiger partial charge in [-0.15, -0.1) is 0 Å². The van der Waals surface area contributed by atoms with Crippen molar-refractivity contribution in [1.29, 1.82) is 0 Å². The maximum Gasteiger partial charge on any atom is 0.138 e. The van der Waals surface area contributed by atoms with Crippen molar-refractivity contribution in [2.75, 3.05) is 5.32 Å². The number of pyridine rings is 2. The van der Waals surface area contributed by atoms with Crippen LogP contribution in [0.15, 0.2) is 54.9 Å². The predicted molar refractivity (Wildman–Crippen MR) is 112 cm³/mol. The molecule has 0 bridgehead atoms. The van der Waals surface area contributed by atoms with Gasteiger partial charge in [0.15, 0.2) is 0 Å². The monoisotopic (exact) mass is 406 g/mol. The van der Waals surface area contributed by atoms with Crippen LogP contribution in [0.5, 0.6) is 0 Å². The Balaban J connectivity index is 0.00000140. The van der Waals surface area contributed by atoms with Gasteiger partial charge in [0.05, 0.1) is 20.8 Å². The fraction of sp³-hybridized carbons (Fsp3) is 0.0526. The van der Waals surface area contributed by atoms with E-state index in [-0.39, 0.29) is 2.85 Å². The first-order chi connectivity index (χ1) is 12.6. The smallest absolute Gasteiger partial charge is 0.138 e. The molecule has 0 saturated carbocycles. The summed E-state index contributed by atoms with van der Waals surface area (Å²) in [6, 6.07) is 13.3. The quantitative estimate of drug-likeness (QED) is 0.396. The molecule has 4 nitrogen and oxygen atoms in total. The van der Waals surface area contributed by atoms with Crippen molar-refractivity contribution in [3.05, 3.63) is 75.5 Å². The Morgan fingerprint density at radius 1 is 1.04 bits per heavy atom. The number of fused-ring (bicyclic) bond motifs is 1. The number of nitrogens with zero attached hydrogens (tertiary/aromatic N) is 2. The molecule has 7 heteroatoms. The van der Waals surface area contributed by atoms with Crippen molar-refractivity contribution in [1.82, 2.24) is 15.0 Å². The molecular formula is C19H17Cl3N4. The SMILES string of the molecule is Clc1cnc2[nH]cc(-c3cccc(NCc4ccc(Cl)c(Cl)c4)n3)c2c1.[HH].[HH]. The molecule has 0 aliphatic rings. The van der Waals surface area contributed by atoms with Crippen LogP contribution in [0.3, 0.4) is 0 Å². The summed E-state index contributed by atoms with van der Waals surface area (Å²) in [5.74, 6) is 0.762. The third kappa shape index (κ3) is 3.49. The van der Waals surface area contributed by atoms with Gasteiger partial charge in [-0.1, -0.05) is 46.9 Å². The van der Waals surface area contributed by atoms with Gasteiger partial charge in [0.25, 0.3) is 0 Å². The number of rotatable bonds is 4. The molecule has 134 valence electrons. The third-order valence-electron chi connectivity index (χ3n) is 3.98. The number of aromatic nitrogens is 3. The maximum atomic E-state index is 6.08. The van der Waals surface area contributed by atoms with Crippen molar-refractivity contribution in [2.24, 2.45) is 0 Å². The fourth-order valence-electron chi connectivity index (χ4n) is 2.72. The summed E-state index contributed by atoms with van der Waals surface area (Å²) in [5, 5.41) is 5.91. The molecule has 0 radical (unpaired) electrons. The molecule has 0 atom stereocenters. The van der Waals surface area contributed by atoms with Gasteiger partial charge < -0.3 is 10.3 Å². The molecule has 0 aliphatic heterocycles. The van der Waals surface area contributed by atoms with E-state index in [1.165, 1.54) is 0 Å². The van der Waals surface area contributed by atoms with Crippen LogP contribution in [0, 0.1) is 0 Å². The molecule has 1 aromatic carbocycles. The molecule has 26 heavy (non-hydrogen) atoms. The fourth-order valence-corrected chi connectivity index (χ4v) is 3.19. The molecule has 3 heterocycles. The van der Waals surface area contributed by atoms with E-state index in [9.17, 15) is 0 Å². The number of hydrogen-bond donors (Lipinski definition) is 2. The maximum absolute atomic E-state index is 6.08. The van der Waals surface area contributed by atoms with Gasteiger partial charge in [-0.25, -0.2) is 9.97 Å². The standard InChI is InChI=1S/C19H13Cl3N4.2H2/c20-12-7-13-14(10-25-19(13)24-9-12)17-2-1-3-18(26-17)23-8-11-4-5-15(21)16(22)6-11;;/h1-7,9-10H,8H2,(H,23,26)(H,24,25);2*1H. The summed E-state index contributed by atoms with van der Waals surface area (Å²) in [4.78, 5) is 12.1. The van der Waals surface area contributed by atoms with Crippen LogP contribution in [0.4, 0.5) is 5.82 Å². The summed E-state index contributed by atoms with van der Waals surface area (Å²) in [7, 11) is 0. The zero-order valence-electron chi connectivity index (χ0n) is 13.4. The average Bonchev–Trinajstić information content (AvgIpc) is 3.06. The normalized spacial score (nSPS) is 11.0. The molecule has 3 aromatic heterocycles. The van der Waals surface area contributed by atoms with E-state index in [1.807, 2.05) is 42.6 Å². The molecule has 0 spiro atoms. The Hall–Kier alpha value is -2.27. The van der Waals surface area contributed by atoms with E-state index >= 15 is 0 Å².